The number of hydrogen-bond acceptors (Lipinski definition) is 6. The number of hydrogen-bond donors (Lipinski definition) is 1. The first-order valence-electron chi connectivity index (χ1n) is 10.4. The molecule has 2 aromatic rings. The number of benzene rings is 2. The van der Waals surface area contributed by atoms with E-state index in [1.54, 1.807) is 56.6 Å². The van der Waals surface area contributed by atoms with Crippen LogP contribution < -0.4 is 19.5 Å². The molecule has 1 saturated heterocycles. The maximum Gasteiger partial charge on any atom is 0.255 e. The van der Waals surface area contributed by atoms with Crippen molar-refractivity contribution in [2.45, 2.75) is 6.54 Å². The number of nitrogens with one attached hydrogen (secondary N) is 1. The Morgan fingerprint density at radius 3 is 2.12 bits per heavy atom. The molecule has 1 fully saturated rings. The van der Waals surface area contributed by atoms with Crippen LogP contribution in [0.5, 0.6) is 17.2 Å². The van der Waals surface area contributed by atoms with Crippen molar-refractivity contribution in [1.29, 1.82) is 0 Å². The molecule has 10 heteroatoms. The number of ether oxygens (including phenoxy) is 3. The molecular formula is C23H27Cl2N3O5. The van der Waals surface area contributed by atoms with E-state index in [9.17, 15) is 9.59 Å². The molecule has 0 aromatic heterocycles. The Labute approximate surface area is 203 Å². The normalized spacial score (nSPS) is 14.0. The second-order valence-corrected chi connectivity index (χ2v) is 8.35. The Kier molecular flexibility index (Phi) is 8.66. The third kappa shape index (κ3) is 6.22. The summed E-state index contributed by atoms with van der Waals surface area (Å²) in [7, 11) is 4.63. The second kappa shape index (κ2) is 11.4. The third-order valence-electron chi connectivity index (χ3n) is 5.40. The first-order chi connectivity index (χ1) is 15.9. The molecule has 0 atom stereocenters. The van der Waals surface area contributed by atoms with Gasteiger partial charge < -0.3 is 24.4 Å². The standard InChI is InChI=1S/C23H27Cl2N3O5/c1-31-19-10-15(11-20(32-2)22(19)33-3)13-26-21(29)14-27-6-8-28(9-7-27)23(30)17-5-4-16(24)12-18(17)25/h4-5,10-12H,6-9,13-14H2,1-3H3,(H,26,29). The first kappa shape index (κ1) is 25.0. The summed E-state index contributed by atoms with van der Waals surface area (Å²) in [6.45, 7) is 2.77. The van der Waals surface area contributed by atoms with E-state index < -0.39 is 0 Å². The fourth-order valence-corrected chi connectivity index (χ4v) is 4.13. The summed E-state index contributed by atoms with van der Waals surface area (Å²) >= 11 is 12.1. The molecule has 2 amide bonds. The number of methoxy groups -OCH3 is 3. The highest BCUT2D eigenvalue weighted by molar-refractivity contribution is 6.36. The number of amides is 2. The quantitative estimate of drug-likeness (QED) is 0.605. The van der Waals surface area contributed by atoms with Crippen molar-refractivity contribution in [1.82, 2.24) is 15.1 Å². The molecule has 0 radical (unpaired) electrons. The SMILES string of the molecule is COc1cc(CNC(=O)CN2CCN(C(=O)c3ccc(Cl)cc3Cl)CC2)cc(OC)c1OC. The van der Waals surface area contributed by atoms with Crippen LogP contribution in [-0.4, -0.2) is 75.7 Å². The first-order valence-corrected chi connectivity index (χ1v) is 11.1. The van der Waals surface area contributed by atoms with E-state index in [2.05, 4.69) is 5.32 Å². The van der Waals surface area contributed by atoms with Gasteiger partial charge in [0.2, 0.25) is 11.7 Å². The van der Waals surface area contributed by atoms with Gasteiger partial charge in [0.05, 0.1) is 38.5 Å². The van der Waals surface area contributed by atoms with Crippen LogP contribution in [0.25, 0.3) is 0 Å². The average molecular weight is 496 g/mol. The molecule has 0 aliphatic carbocycles. The van der Waals surface area contributed by atoms with E-state index in [0.717, 1.165) is 5.56 Å². The van der Waals surface area contributed by atoms with Gasteiger partial charge in [0.15, 0.2) is 11.5 Å². The van der Waals surface area contributed by atoms with E-state index in [1.165, 1.54) is 0 Å². The summed E-state index contributed by atoms with van der Waals surface area (Å²) in [5.74, 6) is 1.32. The summed E-state index contributed by atoms with van der Waals surface area (Å²) in [6, 6.07) is 8.44. The molecule has 0 unspecified atom stereocenters. The summed E-state index contributed by atoms with van der Waals surface area (Å²) in [6.07, 6.45) is 0. The number of nitrogens with zero attached hydrogens (tertiary/aromatic N) is 2. The zero-order chi connectivity index (χ0) is 24.0. The zero-order valence-electron chi connectivity index (χ0n) is 18.8. The molecule has 1 heterocycles. The Morgan fingerprint density at radius 2 is 1.58 bits per heavy atom. The molecule has 1 N–H and O–H groups in total. The fraction of sp³-hybridized carbons (Fsp3) is 0.391. The molecule has 0 saturated carbocycles. The van der Waals surface area contributed by atoms with E-state index >= 15 is 0 Å². The van der Waals surface area contributed by atoms with Crippen LogP contribution in [0.4, 0.5) is 0 Å². The summed E-state index contributed by atoms with van der Waals surface area (Å²) in [5, 5.41) is 3.74. The highest BCUT2D eigenvalue weighted by atomic mass is 35.5. The van der Waals surface area contributed by atoms with Crippen molar-refractivity contribution in [3.63, 3.8) is 0 Å². The largest absolute Gasteiger partial charge is 0.493 e. The maximum absolute atomic E-state index is 12.7. The molecule has 178 valence electrons. The molecule has 0 spiro atoms. The Morgan fingerprint density at radius 1 is 0.939 bits per heavy atom. The van der Waals surface area contributed by atoms with Crippen LogP contribution in [-0.2, 0) is 11.3 Å². The lowest BCUT2D eigenvalue weighted by molar-refractivity contribution is -0.122. The van der Waals surface area contributed by atoms with Crippen LogP contribution in [0.3, 0.4) is 0 Å². The van der Waals surface area contributed by atoms with Crippen molar-refractivity contribution in [2.24, 2.45) is 0 Å². The van der Waals surface area contributed by atoms with Gasteiger partial charge in [0.25, 0.3) is 5.91 Å². The van der Waals surface area contributed by atoms with Gasteiger partial charge in [-0.25, -0.2) is 0 Å². The van der Waals surface area contributed by atoms with Gasteiger partial charge in [0.1, 0.15) is 0 Å². The smallest absolute Gasteiger partial charge is 0.255 e. The van der Waals surface area contributed by atoms with Gasteiger partial charge in [0, 0.05) is 37.7 Å². The predicted octanol–water partition coefficient (Wildman–Crippen LogP) is 3.09. The fourth-order valence-electron chi connectivity index (χ4n) is 3.64. The van der Waals surface area contributed by atoms with E-state index in [-0.39, 0.29) is 18.4 Å². The van der Waals surface area contributed by atoms with Crippen LogP contribution in [0.15, 0.2) is 30.3 Å². The second-order valence-electron chi connectivity index (χ2n) is 7.50. The average Bonchev–Trinajstić information content (AvgIpc) is 2.82. The van der Waals surface area contributed by atoms with Crippen LogP contribution in [0.1, 0.15) is 15.9 Å². The van der Waals surface area contributed by atoms with Crippen LogP contribution in [0.2, 0.25) is 10.0 Å². The molecule has 1 aliphatic rings. The van der Waals surface area contributed by atoms with Gasteiger partial charge >= 0.3 is 0 Å². The van der Waals surface area contributed by atoms with Gasteiger partial charge in [-0.05, 0) is 35.9 Å². The number of rotatable bonds is 8. The Hall–Kier alpha value is -2.68. The van der Waals surface area contributed by atoms with Gasteiger partial charge in [-0.1, -0.05) is 23.2 Å². The van der Waals surface area contributed by atoms with Gasteiger partial charge in [-0.2, -0.15) is 0 Å². The summed E-state index contributed by atoms with van der Waals surface area (Å²) < 4.78 is 16.0. The predicted molar refractivity (Wildman–Crippen MR) is 127 cm³/mol. The zero-order valence-corrected chi connectivity index (χ0v) is 20.3. The Bertz CT molecular complexity index is 985. The number of carbonyl (C=O) groups is 2. The van der Waals surface area contributed by atoms with E-state index in [4.69, 9.17) is 37.4 Å². The van der Waals surface area contributed by atoms with E-state index in [1.807, 2.05) is 4.90 Å². The van der Waals surface area contributed by atoms with Crippen LogP contribution >= 0.6 is 23.2 Å². The Balaban J connectivity index is 1.50. The maximum atomic E-state index is 12.7. The van der Waals surface area contributed by atoms with Crippen LogP contribution in [0, 0.1) is 0 Å². The minimum atomic E-state index is -0.136. The van der Waals surface area contributed by atoms with E-state index in [0.29, 0.717) is 65.6 Å². The van der Waals surface area contributed by atoms with Gasteiger partial charge in [-0.15, -0.1) is 0 Å². The highest BCUT2D eigenvalue weighted by Crippen LogP contribution is 2.38. The lowest BCUT2D eigenvalue weighted by Crippen LogP contribution is -2.51. The third-order valence-corrected chi connectivity index (χ3v) is 5.95. The molecule has 33 heavy (non-hydrogen) atoms. The van der Waals surface area contributed by atoms with Gasteiger partial charge in [-0.3, -0.25) is 14.5 Å². The molecule has 0 bridgehead atoms. The minimum Gasteiger partial charge on any atom is -0.493 e. The minimum absolute atomic E-state index is 0.107. The molecule has 1 aliphatic heterocycles. The molecule has 2 aromatic carbocycles. The van der Waals surface area contributed by atoms with Crippen molar-refractivity contribution < 1.29 is 23.8 Å². The van der Waals surface area contributed by atoms with Crippen molar-refractivity contribution in [3.05, 3.63) is 51.5 Å². The molecule has 8 nitrogen and oxygen atoms in total. The van der Waals surface area contributed by atoms with Crippen molar-refractivity contribution in [2.75, 3.05) is 54.1 Å². The summed E-state index contributed by atoms with van der Waals surface area (Å²) in [4.78, 5) is 29.0. The highest BCUT2D eigenvalue weighted by Gasteiger charge is 2.24. The lowest BCUT2D eigenvalue weighted by Gasteiger charge is -2.34. The van der Waals surface area contributed by atoms with Crippen molar-refractivity contribution >= 4 is 35.0 Å². The van der Waals surface area contributed by atoms with Crippen molar-refractivity contribution in [3.8, 4) is 17.2 Å². The topological polar surface area (TPSA) is 80.3 Å². The molecular weight excluding hydrogens is 469 g/mol. The summed E-state index contributed by atoms with van der Waals surface area (Å²) in [5.41, 5.74) is 1.26. The number of piperazine rings is 1. The number of halogens is 2. The lowest BCUT2D eigenvalue weighted by atomic mass is 10.1. The monoisotopic (exact) mass is 495 g/mol. The molecule has 3 rings (SSSR count). The number of carbonyl (C=O) groups excluding carboxylic acids is 2.